The van der Waals surface area contributed by atoms with Crippen LogP contribution in [0.3, 0.4) is 0 Å². The number of hydrogen-bond acceptors (Lipinski definition) is 5. The average Bonchev–Trinajstić information content (AvgIpc) is 3.19. The third-order valence-corrected chi connectivity index (χ3v) is 8.53. The lowest BCUT2D eigenvalue weighted by Gasteiger charge is -2.34. The molecule has 0 saturated carbocycles. The normalized spacial score (nSPS) is 15.5. The van der Waals surface area contributed by atoms with Gasteiger partial charge in [-0.25, -0.2) is 22.2 Å². The van der Waals surface area contributed by atoms with Crippen LogP contribution in [0.25, 0.3) is 11.3 Å². The number of anilines is 1. The second-order valence-electron chi connectivity index (χ2n) is 7.76. The van der Waals surface area contributed by atoms with Gasteiger partial charge in [-0.2, -0.15) is 4.31 Å². The molecule has 1 aliphatic heterocycles. The Morgan fingerprint density at radius 2 is 1.58 bits per heavy atom. The smallest absolute Gasteiger partial charge is 0.243 e. The zero-order valence-electron chi connectivity index (χ0n) is 17.5. The lowest BCUT2D eigenvalue weighted by Crippen LogP contribution is -2.48. The highest BCUT2D eigenvalue weighted by atomic mass is 32.2. The molecule has 2 aromatic carbocycles. The molecule has 0 spiro atoms. The Labute approximate surface area is 185 Å². The zero-order chi connectivity index (χ0) is 22.3. The van der Waals surface area contributed by atoms with Crippen LogP contribution in [-0.2, 0) is 10.0 Å². The molecule has 1 saturated heterocycles. The summed E-state index contributed by atoms with van der Waals surface area (Å²) < 4.78 is 54.8. The van der Waals surface area contributed by atoms with E-state index in [1.807, 2.05) is 37.8 Å². The predicted molar refractivity (Wildman–Crippen MR) is 119 cm³/mol. The molecular formula is C22H23F2N3O2S2. The first-order valence-electron chi connectivity index (χ1n) is 9.90. The maximum absolute atomic E-state index is 13.5. The number of hydrogen-bond donors (Lipinski definition) is 0. The lowest BCUT2D eigenvalue weighted by atomic mass is 10.1. The van der Waals surface area contributed by atoms with Crippen LogP contribution in [-0.4, -0.2) is 43.9 Å². The van der Waals surface area contributed by atoms with Crippen molar-refractivity contribution in [2.75, 3.05) is 31.1 Å². The summed E-state index contributed by atoms with van der Waals surface area (Å²) in [6, 6.07) is 7.50. The maximum atomic E-state index is 13.5. The molecular weight excluding hydrogens is 440 g/mol. The van der Waals surface area contributed by atoms with Crippen LogP contribution in [0.15, 0.2) is 40.6 Å². The van der Waals surface area contributed by atoms with Crippen LogP contribution < -0.4 is 4.90 Å². The van der Waals surface area contributed by atoms with E-state index in [0.717, 1.165) is 34.0 Å². The minimum absolute atomic E-state index is 0.356. The van der Waals surface area contributed by atoms with E-state index in [1.54, 1.807) is 5.38 Å². The molecule has 0 unspecified atom stereocenters. The van der Waals surface area contributed by atoms with Gasteiger partial charge in [0.1, 0.15) is 0 Å². The molecule has 0 N–H and O–H groups in total. The summed E-state index contributed by atoms with van der Waals surface area (Å²) in [7, 11) is -3.58. The lowest BCUT2D eigenvalue weighted by molar-refractivity contribution is 0.384. The number of benzene rings is 2. The van der Waals surface area contributed by atoms with Crippen molar-refractivity contribution in [3.63, 3.8) is 0 Å². The highest BCUT2D eigenvalue weighted by Crippen LogP contribution is 2.30. The van der Waals surface area contributed by atoms with Gasteiger partial charge in [0.25, 0.3) is 0 Å². The van der Waals surface area contributed by atoms with Crippen LogP contribution in [0.5, 0.6) is 0 Å². The van der Waals surface area contributed by atoms with Gasteiger partial charge < -0.3 is 4.90 Å². The van der Waals surface area contributed by atoms with Gasteiger partial charge in [0.2, 0.25) is 10.0 Å². The Kier molecular flexibility index (Phi) is 5.85. The number of rotatable bonds is 4. The van der Waals surface area contributed by atoms with Crippen LogP contribution in [0.1, 0.15) is 16.7 Å². The van der Waals surface area contributed by atoms with Crippen molar-refractivity contribution in [3.05, 3.63) is 64.0 Å². The zero-order valence-corrected chi connectivity index (χ0v) is 19.2. The topological polar surface area (TPSA) is 53.5 Å². The number of nitrogens with zero attached hydrogens (tertiary/aromatic N) is 3. The Hall–Kier alpha value is -2.36. The van der Waals surface area contributed by atoms with Gasteiger partial charge >= 0.3 is 0 Å². The third kappa shape index (κ3) is 4.22. The van der Waals surface area contributed by atoms with E-state index >= 15 is 0 Å². The number of aromatic nitrogens is 1. The van der Waals surface area contributed by atoms with Gasteiger partial charge in [0.05, 0.1) is 10.6 Å². The summed E-state index contributed by atoms with van der Waals surface area (Å²) in [5.41, 5.74) is 3.64. The van der Waals surface area contributed by atoms with E-state index in [1.165, 1.54) is 21.7 Å². The van der Waals surface area contributed by atoms with E-state index in [9.17, 15) is 17.2 Å². The van der Waals surface area contributed by atoms with Crippen molar-refractivity contribution < 1.29 is 17.2 Å². The molecule has 31 heavy (non-hydrogen) atoms. The molecule has 0 radical (unpaired) electrons. The van der Waals surface area contributed by atoms with Crippen molar-refractivity contribution in [2.45, 2.75) is 25.7 Å². The van der Waals surface area contributed by atoms with Crippen molar-refractivity contribution in [1.29, 1.82) is 0 Å². The van der Waals surface area contributed by atoms with Gasteiger partial charge in [-0.05, 0) is 50.1 Å². The largest absolute Gasteiger partial charge is 0.345 e. The summed E-state index contributed by atoms with van der Waals surface area (Å²) in [5.74, 6) is -1.80. The SMILES string of the molecule is Cc1cc(C)c(S(=O)(=O)N2CCN(c3nc(-c4ccc(F)c(F)c4)cs3)CC2)c(C)c1. The van der Waals surface area contributed by atoms with Gasteiger partial charge in [-0.3, -0.25) is 0 Å². The summed E-state index contributed by atoms with van der Waals surface area (Å²) in [6.45, 7) is 7.35. The van der Waals surface area contributed by atoms with E-state index < -0.39 is 21.7 Å². The minimum Gasteiger partial charge on any atom is -0.345 e. The maximum Gasteiger partial charge on any atom is 0.243 e. The third-order valence-electron chi connectivity index (χ3n) is 5.42. The second kappa shape index (κ2) is 8.29. The first kappa shape index (κ1) is 21.9. The number of halogens is 2. The molecule has 0 bridgehead atoms. The van der Waals surface area contributed by atoms with Crippen LogP contribution in [0.4, 0.5) is 13.9 Å². The van der Waals surface area contributed by atoms with E-state index in [-0.39, 0.29) is 0 Å². The summed E-state index contributed by atoms with van der Waals surface area (Å²) >= 11 is 1.40. The first-order valence-corrected chi connectivity index (χ1v) is 12.2. The summed E-state index contributed by atoms with van der Waals surface area (Å²) in [4.78, 5) is 6.96. The molecule has 5 nitrogen and oxygen atoms in total. The molecule has 1 aromatic heterocycles. The van der Waals surface area contributed by atoms with Gasteiger partial charge in [-0.1, -0.05) is 17.7 Å². The highest BCUT2D eigenvalue weighted by molar-refractivity contribution is 7.89. The van der Waals surface area contributed by atoms with E-state index in [4.69, 9.17) is 0 Å². The molecule has 0 aliphatic carbocycles. The van der Waals surface area contributed by atoms with E-state index in [0.29, 0.717) is 42.3 Å². The minimum atomic E-state index is -3.58. The standard InChI is InChI=1S/C22H23F2N3O2S2/c1-14-10-15(2)21(16(3)11-14)31(28,29)27-8-6-26(7-9-27)22-25-20(13-30-22)17-4-5-18(23)19(24)12-17/h4-5,10-13H,6-9H2,1-3H3. The highest BCUT2D eigenvalue weighted by Gasteiger charge is 2.31. The van der Waals surface area contributed by atoms with Crippen molar-refractivity contribution in [2.24, 2.45) is 0 Å². The molecule has 2 heterocycles. The Bertz CT molecular complexity index is 1210. The van der Waals surface area contributed by atoms with Crippen LogP contribution in [0, 0.1) is 32.4 Å². The van der Waals surface area contributed by atoms with Gasteiger partial charge in [0, 0.05) is 37.1 Å². The molecule has 3 aromatic rings. The van der Waals surface area contributed by atoms with Gasteiger partial charge in [-0.15, -0.1) is 11.3 Å². The molecule has 1 fully saturated rings. The Morgan fingerprint density at radius 1 is 0.935 bits per heavy atom. The number of aryl methyl sites for hydroxylation is 3. The quantitative estimate of drug-likeness (QED) is 0.571. The number of piperazine rings is 1. The molecule has 164 valence electrons. The van der Waals surface area contributed by atoms with Gasteiger partial charge in [0.15, 0.2) is 16.8 Å². The fraction of sp³-hybridized carbons (Fsp3) is 0.318. The molecule has 9 heteroatoms. The molecule has 0 amide bonds. The Morgan fingerprint density at radius 3 is 2.19 bits per heavy atom. The van der Waals surface area contributed by atoms with Crippen LogP contribution >= 0.6 is 11.3 Å². The number of sulfonamides is 1. The molecule has 0 atom stereocenters. The number of thiazole rings is 1. The monoisotopic (exact) mass is 463 g/mol. The summed E-state index contributed by atoms with van der Waals surface area (Å²) in [5, 5.41) is 2.53. The van der Waals surface area contributed by atoms with Crippen molar-refractivity contribution in [3.8, 4) is 11.3 Å². The first-order chi connectivity index (χ1) is 14.7. The second-order valence-corrected chi connectivity index (χ2v) is 10.5. The predicted octanol–water partition coefficient (Wildman–Crippen LogP) is 4.52. The van der Waals surface area contributed by atoms with Crippen molar-refractivity contribution in [1.82, 2.24) is 9.29 Å². The fourth-order valence-electron chi connectivity index (χ4n) is 4.02. The van der Waals surface area contributed by atoms with Crippen LogP contribution in [0.2, 0.25) is 0 Å². The van der Waals surface area contributed by atoms with E-state index in [2.05, 4.69) is 4.98 Å². The van der Waals surface area contributed by atoms with Crippen molar-refractivity contribution >= 4 is 26.5 Å². The molecule has 1 aliphatic rings. The Balaban J connectivity index is 1.49. The fourth-order valence-corrected chi connectivity index (χ4v) is 6.74. The summed E-state index contributed by atoms with van der Waals surface area (Å²) in [6.07, 6.45) is 0. The average molecular weight is 464 g/mol. The molecule has 4 rings (SSSR count).